The second-order valence-electron chi connectivity index (χ2n) is 4.51. The van der Waals surface area contributed by atoms with Gasteiger partial charge in [0.25, 0.3) is 5.91 Å². The van der Waals surface area contributed by atoms with Crippen molar-refractivity contribution in [3.8, 4) is 11.5 Å². The number of carboxylic acids is 1. The molecule has 1 rings (SSSR count). The smallest absolute Gasteiger partial charge is 0.326 e. The van der Waals surface area contributed by atoms with Crippen LogP contribution in [0.1, 0.15) is 22.3 Å². The van der Waals surface area contributed by atoms with Crippen molar-refractivity contribution < 1.29 is 33.0 Å². The van der Waals surface area contributed by atoms with E-state index >= 15 is 0 Å². The van der Waals surface area contributed by atoms with E-state index in [-0.39, 0.29) is 11.3 Å². The first-order valence-corrected chi connectivity index (χ1v) is 6.34. The molecule has 0 saturated carbocycles. The molecule has 22 heavy (non-hydrogen) atoms. The molecule has 122 valence electrons. The predicted octanol–water partition coefficient (Wildman–Crippen LogP) is 1.85. The monoisotopic (exact) mass is 317 g/mol. The van der Waals surface area contributed by atoms with Gasteiger partial charge in [-0.1, -0.05) is 0 Å². The van der Waals surface area contributed by atoms with Gasteiger partial charge in [0.15, 0.2) is 11.5 Å². The summed E-state index contributed by atoms with van der Waals surface area (Å²) in [4.78, 5) is 23.0. The average molecular weight is 317 g/mol. The molecule has 0 bridgehead atoms. The highest BCUT2D eigenvalue weighted by molar-refractivity contribution is 5.98. The number of ether oxygens (including phenoxy) is 2. The first kappa shape index (κ1) is 17.7. The molecule has 0 aliphatic rings. The van der Waals surface area contributed by atoms with Crippen molar-refractivity contribution in [2.45, 2.75) is 25.8 Å². The lowest BCUT2D eigenvalue weighted by Gasteiger charge is -2.16. The molecule has 0 aliphatic heterocycles. The normalized spacial score (nSPS) is 11.9. The fraction of sp³-hybridized carbons (Fsp3) is 0.429. The Balaban J connectivity index is 3.04. The molecule has 0 spiro atoms. The van der Waals surface area contributed by atoms with Crippen molar-refractivity contribution in [3.05, 3.63) is 23.3 Å². The van der Waals surface area contributed by atoms with Crippen LogP contribution >= 0.6 is 0 Å². The minimum atomic E-state index is -2.84. The van der Waals surface area contributed by atoms with E-state index in [1.54, 1.807) is 6.92 Å². The molecule has 1 atom stereocenters. The van der Waals surface area contributed by atoms with Crippen LogP contribution in [-0.4, -0.2) is 43.7 Å². The van der Waals surface area contributed by atoms with Crippen molar-refractivity contribution in [1.29, 1.82) is 0 Å². The van der Waals surface area contributed by atoms with Gasteiger partial charge in [0.05, 0.1) is 14.2 Å². The lowest BCUT2D eigenvalue weighted by Crippen LogP contribution is -2.42. The van der Waals surface area contributed by atoms with Crippen molar-refractivity contribution >= 4 is 11.9 Å². The number of alkyl halides is 2. The number of carboxylic acid groups (broad SMARTS) is 1. The van der Waals surface area contributed by atoms with Gasteiger partial charge in [-0.3, -0.25) is 4.79 Å². The highest BCUT2D eigenvalue weighted by Gasteiger charge is 2.25. The number of aliphatic carboxylic acids is 1. The van der Waals surface area contributed by atoms with Crippen LogP contribution in [-0.2, 0) is 4.79 Å². The third-order valence-electron chi connectivity index (χ3n) is 2.99. The Labute approximate surface area is 126 Å². The Hall–Kier alpha value is -2.38. The predicted molar refractivity (Wildman–Crippen MR) is 73.8 cm³/mol. The Morgan fingerprint density at radius 1 is 1.23 bits per heavy atom. The first-order chi connectivity index (χ1) is 10.3. The number of carbonyl (C=O) groups is 2. The van der Waals surface area contributed by atoms with Crippen LogP contribution in [0.3, 0.4) is 0 Å². The summed E-state index contributed by atoms with van der Waals surface area (Å²) in [5, 5.41) is 11.0. The summed E-state index contributed by atoms with van der Waals surface area (Å²) in [5.74, 6) is -1.61. The Bertz CT molecular complexity index is 562. The van der Waals surface area contributed by atoms with E-state index in [1.807, 2.05) is 0 Å². The molecule has 1 amide bonds. The third kappa shape index (κ3) is 4.31. The molecule has 8 heteroatoms. The van der Waals surface area contributed by atoms with E-state index in [0.717, 1.165) is 0 Å². The fourth-order valence-corrected chi connectivity index (χ4v) is 1.86. The van der Waals surface area contributed by atoms with Crippen LogP contribution in [0.4, 0.5) is 8.78 Å². The molecule has 0 aliphatic carbocycles. The van der Waals surface area contributed by atoms with E-state index in [0.29, 0.717) is 11.3 Å². The number of halogens is 2. The van der Waals surface area contributed by atoms with E-state index in [1.165, 1.54) is 26.4 Å². The maximum absolute atomic E-state index is 12.3. The zero-order valence-corrected chi connectivity index (χ0v) is 12.4. The summed E-state index contributed by atoms with van der Waals surface area (Å²) < 4.78 is 34.8. The summed E-state index contributed by atoms with van der Waals surface area (Å²) >= 11 is 0. The van der Waals surface area contributed by atoms with Gasteiger partial charge < -0.3 is 19.9 Å². The molecule has 0 radical (unpaired) electrons. The van der Waals surface area contributed by atoms with Gasteiger partial charge in [-0.25, -0.2) is 13.6 Å². The van der Waals surface area contributed by atoms with Gasteiger partial charge in [-0.15, -0.1) is 0 Å². The number of hydrogen-bond donors (Lipinski definition) is 2. The van der Waals surface area contributed by atoms with Gasteiger partial charge in [-0.2, -0.15) is 0 Å². The molecule has 1 unspecified atom stereocenters. The standard InChI is InChI=1S/C14H17F2NO5/c1-7-4-10(21-2)11(22-3)5-8(7)13(18)17-9(14(19)20)6-12(15)16/h4-5,9,12H,6H2,1-3H3,(H,17,18)(H,19,20). The molecule has 0 saturated heterocycles. The minimum Gasteiger partial charge on any atom is -0.493 e. The molecule has 0 heterocycles. The summed E-state index contributed by atoms with van der Waals surface area (Å²) in [6.07, 6.45) is -3.80. The number of nitrogens with one attached hydrogen (secondary N) is 1. The number of benzene rings is 1. The molecular weight excluding hydrogens is 300 g/mol. The lowest BCUT2D eigenvalue weighted by molar-refractivity contribution is -0.140. The van der Waals surface area contributed by atoms with Gasteiger partial charge in [0, 0.05) is 12.0 Å². The SMILES string of the molecule is COc1cc(C)c(C(=O)NC(CC(F)F)C(=O)O)cc1OC. The summed E-state index contributed by atoms with van der Waals surface area (Å²) in [7, 11) is 2.81. The van der Waals surface area contributed by atoms with Crippen LogP contribution in [0.5, 0.6) is 11.5 Å². The van der Waals surface area contributed by atoms with Crippen LogP contribution in [0, 0.1) is 6.92 Å². The van der Waals surface area contributed by atoms with E-state index in [4.69, 9.17) is 14.6 Å². The highest BCUT2D eigenvalue weighted by atomic mass is 19.3. The molecule has 2 N–H and O–H groups in total. The molecule has 1 aromatic carbocycles. The van der Waals surface area contributed by atoms with Crippen LogP contribution in [0.15, 0.2) is 12.1 Å². The summed E-state index contributed by atoms with van der Waals surface area (Å²) in [6, 6.07) is 1.24. The third-order valence-corrected chi connectivity index (χ3v) is 2.99. The van der Waals surface area contributed by atoms with Crippen LogP contribution < -0.4 is 14.8 Å². The quantitative estimate of drug-likeness (QED) is 0.802. The Morgan fingerprint density at radius 2 is 1.77 bits per heavy atom. The number of rotatable bonds is 7. The second-order valence-corrected chi connectivity index (χ2v) is 4.51. The Kier molecular flexibility index (Phi) is 6.09. The van der Waals surface area contributed by atoms with Crippen molar-refractivity contribution in [1.82, 2.24) is 5.32 Å². The maximum atomic E-state index is 12.3. The van der Waals surface area contributed by atoms with Crippen LogP contribution in [0.25, 0.3) is 0 Å². The van der Waals surface area contributed by atoms with Crippen molar-refractivity contribution in [3.63, 3.8) is 0 Å². The molecule has 0 aromatic heterocycles. The minimum absolute atomic E-state index is 0.123. The first-order valence-electron chi connectivity index (χ1n) is 6.34. The molecule has 6 nitrogen and oxygen atoms in total. The fourth-order valence-electron chi connectivity index (χ4n) is 1.86. The molecule has 0 fully saturated rings. The van der Waals surface area contributed by atoms with E-state index < -0.39 is 30.8 Å². The second kappa shape index (κ2) is 7.58. The Morgan fingerprint density at radius 3 is 2.23 bits per heavy atom. The molecular formula is C14H17F2NO5. The number of methoxy groups -OCH3 is 2. The zero-order valence-electron chi connectivity index (χ0n) is 12.4. The van der Waals surface area contributed by atoms with Crippen molar-refractivity contribution in [2.75, 3.05) is 14.2 Å². The van der Waals surface area contributed by atoms with Crippen molar-refractivity contribution in [2.24, 2.45) is 0 Å². The number of hydrogen-bond acceptors (Lipinski definition) is 4. The van der Waals surface area contributed by atoms with E-state index in [2.05, 4.69) is 5.32 Å². The lowest BCUT2D eigenvalue weighted by atomic mass is 10.1. The molecule has 1 aromatic rings. The van der Waals surface area contributed by atoms with E-state index in [9.17, 15) is 18.4 Å². The van der Waals surface area contributed by atoms with Gasteiger partial charge >= 0.3 is 5.97 Å². The topological polar surface area (TPSA) is 84.9 Å². The largest absolute Gasteiger partial charge is 0.493 e. The summed E-state index contributed by atoms with van der Waals surface area (Å²) in [5.41, 5.74) is 0.620. The average Bonchev–Trinajstić information content (AvgIpc) is 2.45. The van der Waals surface area contributed by atoms with Gasteiger partial charge in [-0.05, 0) is 24.6 Å². The number of amides is 1. The number of aryl methyl sites for hydroxylation is 1. The highest BCUT2D eigenvalue weighted by Crippen LogP contribution is 2.30. The zero-order chi connectivity index (χ0) is 16.9. The maximum Gasteiger partial charge on any atom is 0.326 e. The van der Waals surface area contributed by atoms with Gasteiger partial charge in [0.1, 0.15) is 6.04 Å². The summed E-state index contributed by atoms with van der Waals surface area (Å²) in [6.45, 7) is 1.61. The van der Waals surface area contributed by atoms with Gasteiger partial charge in [0.2, 0.25) is 6.43 Å². The van der Waals surface area contributed by atoms with Crippen LogP contribution in [0.2, 0.25) is 0 Å². The number of carbonyl (C=O) groups excluding carboxylic acids is 1.